The van der Waals surface area contributed by atoms with Crippen molar-refractivity contribution in [2.45, 2.75) is 26.2 Å². The second kappa shape index (κ2) is 5.16. The molecule has 0 saturated carbocycles. The maximum absolute atomic E-state index is 6.18. The van der Waals surface area contributed by atoms with Gasteiger partial charge in [0.15, 0.2) is 0 Å². The van der Waals surface area contributed by atoms with Crippen LogP contribution in [0.1, 0.15) is 26.5 Å². The highest BCUT2D eigenvalue weighted by Crippen LogP contribution is 2.33. The van der Waals surface area contributed by atoms with Crippen molar-refractivity contribution in [3.63, 3.8) is 0 Å². The van der Waals surface area contributed by atoms with E-state index in [2.05, 4.69) is 51.1 Å². The average molecular weight is 296 g/mol. The Morgan fingerprint density at radius 3 is 2.29 bits per heavy atom. The number of fused-ring (bicyclic) bond motifs is 1. The molecule has 0 unspecified atom stereocenters. The number of hydrogen-bond acceptors (Lipinski definition) is 1. The van der Waals surface area contributed by atoms with Crippen LogP contribution in [-0.4, -0.2) is 4.98 Å². The Morgan fingerprint density at radius 2 is 1.62 bits per heavy atom. The van der Waals surface area contributed by atoms with Crippen molar-refractivity contribution in [1.82, 2.24) is 4.98 Å². The third-order valence-electron chi connectivity index (χ3n) is 3.62. The molecule has 0 aliphatic rings. The Bertz CT molecular complexity index is 786. The van der Waals surface area contributed by atoms with Crippen LogP contribution in [0.2, 0.25) is 5.02 Å². The van der Waals surface area contributed by atoms with Gasteiger partial charge in [-0.1, -0.05) is 62.7 Å². The first-order chi connectivity index (χ1) is 9.95. The smallest absolute Gasteiger partial charge is 0.0712 e. The summed E-state index contributed by atoms with van der Waals surface area (Å²) in [7, 11) is 0. The molecule has 3 aromatic rings. The third-order valence-corrected chi connectivity index (χ3v) is 3.86. The highest BCUT2D eigenvalue weighted by molar-refractivity contribution is 6.31. The lowest BCUT2D eigenvalue weighted by atomic mass is 9.88. The fourth-order valence-electron chi connectivity index (χ4n) is 2.44. The molecule has 0 bridgehead atoms. The molecular formula is C19H18ClN. The van der Waals surface area contributed by atoms with Gasteiger partial charge in [0.05, 0.1) is 5.52 Å². The lowest BCUT2D eigenvalue weighted by Crippen LogP contribution is -2.13. The van der Waals surface area contributed by atoms with Gasteiger partial charge >= 0.3 is 0 Å². The van der Waals surface area contributed by atoms with E-state index in [9.17, 15) is 0 Å². The van der Waals surface area contributed by atoms with Crippen LogP contribution in [0.5, 0.6) is 0 Å². The van der Waals surface area contributed by atoms with Crippen molar-refractivity contribution in [2.75, 3.05) is 0 Å². The van der Waals surface area contributed by atoms with Crippen LogP contribution in [0.15, 0.2) is 54.6 Å². The molecular weight excluding hydrogens is 278 g/mol. The number of nitrogens with zero attached hydrogens (tertiary/aromatic N) is 1. The van der Waals surface area contributed by atoms with Gasteiger partial charge in [0, 0.05) is 21.5 Å². The maximum atomic E-state index is 6.18. The van der Waals surface area contributed by atoms with E-state index >= 15 is 0 Å². The zero-order valence-electron chi connectivity index (χ0n) is 12.5. The van der Waals surface area contributed by atoms with Crippen molar-refractivity contribution >= 4 is 22.5 Å². The lowest BCUT2D eigenvalue weighted by molar-refractivity contribution is 0.572. The Morgan fingerprint density at radius 1 is 0.905 bits per heavy atom. The van der Waals surface area contributed by atoms with Crippen molar-refractivity contribution in [3.8, 4) is 11.1 Å². The van der Waals surface area contributed by atoms with Gasteiger partial charge in [0.25, 0.3) is 0 Å². The Balaban J connectivity index is 2.36. The second-order valence-electron chi connectivity index (χ2n) is 6.33. The standard InChI is InChI=1S/C19H18ClN/c1-19(2,3)18-12-15(13-7-5-4-6-8-13)16-11-14(20)9-10-17(16)21-18/h4-12H,1-3H3. The summed E-state index contributed by atoms with van der Waals surface area (Å²) in [5, 5.41) is 1.84. The van der Waals surface area contributed by atoms with Crippen LogP contribution in [0, 0.1) is 0 Å². The van der Waals surface area contributed by atoms with E-state index in [1.807, 2.05) is 24.3 Å². The minimum absolute atomic E-state index is 0.0113. The van der Waals surface area contributed by atoms with Crippen molar-refractivity contribution in [2.24, 2.45) is 0 Å². The predicted octanol–water partition coefficient (Wildman–Crippen LogP) is 5.85. The summed E-state index contributed by atoms with van der Waals surface area (Å²) < 4.78 is 0. The average Bonchev–Trinajstić information content (AvgIpc) is 2.46. The SMILES string of the molecule is CC(C)(C)c1cc(-c2ccccc2)c2cc(Cl)ccc2n1. The summed E-state index contributed by atoms with van der Waals surface area (Å²) in [5.41, 5.74) is 4.48. The molecule has 106 valence electrons. The predicted molar refractivity (Wildman–Crippen MR) is 90.9 cm³/mol. The first-order valence-corrected chi connectivity index (χ1v) is 7.49. The molecule has 0 radical (unpaired) electrons. The fourth-order valence-corrected chi connectivity index (χ4v) is 2.61. The van der Waals surface area contributed by atoms with E-state index < -0.39 is 0 Å². The number of benzene rings is 2. The van der Waals surface area contributed by atoms with Crippen LogP contribution in [-0.2, 0) is 5.41 Å². The molecule has 1 nitrogen and oxygen atoms in total. The summed E-state index contributed by atoms with van der Waals surface area (Å²) in [6.45, 7) is 6.56. The molecule has 2 heteroatoms. The monoisotopic (exact) mass is 295 g/mol. The number of aromatic nitrogens is 1. The van der Waals surface area contributed by atoms with Gasteiger partial charge in [-0.25, -0.2) is 0 Å². The van der Waals surface area contributed by atoms with Gasteiger partial charge in [-0.05, 0) is 35.4 Å². The molecule has 0 saturated heterocycles. The lowest BCUT2D eigenvalue weighted by Gasteiger charge is -2.20. The molecule has 0 aliphatic heterocycles. The van der Waals surface area contributed by atoms with E-state index in [0.717, 1.165) is 21.6 Å². The Labute approximate surface area is 130 Å². The van der Waals surface area contributed by atoms with Crippen LogP contribution >= 0.6 is 11.6 Å². The van der Waals surface area contributed by atoms with Gasteiger partial charge in [-0.15, -0.1) is 0 Å². The van der Waals surface area contributed by atoms with Gasteiger partial charge in [0.1, 0.15) is 0 Å². The normalized spacial score (nSPS) is 11.8. The second-order valence-corrected chi connectivity index (χ2v) is 6.77. The zero-order valence-corrected chi connectivity index (χ0v) is 13.3. The van der Waals surface area contributed by atoms with E-state index in [1.165, 1.54) is 11.1 Å². The molecule has 1 heterocycles. The summed E-state index contributed by atoms with van der Waals surface area (Å²) in [5.74, 6) is 0. The van der Waals surface area contributed by atoms with E-state index in [1.54, 1.807) is 0 Å². The molecule has 0 aliphatic carbocycles. The summed E-state index contributed by atoms with van der Waals surface area (Å²) >= 11 is 6.18. The van der Waals surface area contributed by atoms with Crippen LogP contribution in [0.25, 0.3) is 22.0 Å². The molecule has 1 aromatic heterocycles. The highest BCUT2D eigenvalue weighted by atomic mass is 35.5. The van der Waals surface area contributed by atoms with Crippen molar-refractivity contribution in [1.29, 1.82) is 0 Å². The molecule has 21 heavy (non-hydrogen) atoms. The topological polar surface area (TPSA) is 12.9 Å². The highest BCUT2D eigenvalue weighted by Gasteiger charge is 2.18. The molecule has 0 amide bonds. The largest absolute Gasteiger partial charge is 0.252 e. The van der Waals surface area contributed by atoms with Crippen LogP contribution in [0.4, 0.5) is 0 Å². The minimum Gasteiger partial charge on any atom is -0.252 e. The van der Waals surface area contributed by atoms with Crippen molar-refractivity contribution < 1.29 is 0 Å². The van der Waals surface area contributed by atoms with E-state index in [0.29, 0.717) is 0 Å². The molecule has 0 atom stereocenters. The summed E-state index contributed by atoms with van der Waals surface area (Å²) in [6.07, 6.45) is 0. The Kier molecular flexibility index (Phi) is 3.46. The van der Waals surface area contributed by atoms with Crippen LogP contribution in [0.3, 0.4) is 0 Å². The molecule has 3 rings (SSSR count). The number of rotatable bonds is 1. The summed E-state index contributed by atoms with van der Waals surface area (Å²) in [4.78, 5) is 4.82. The van der Waals surface area contributed by atoms with Crippen molar-refractivity contribution in [3.05, 3.63) is 65.3 Å². The third kappa shape index (κ3) is 2.79. The number of halogens is 1. The quantitative estimate of drug-likeness (QED) is 0.548. The van der Waals surface area contributed by atoms with E-state index in [-0.39, 0.29) is 5.41 Å². The van der Waals surface area contributed by atoms with Gasteiger partial charge in [-0.3, -0.25) is 4.98 Å². The minimum atomic E-state index is 0.0113. The molecule has 0 N–H and O–H groups in total. The van der Waals surface area contributed by atoms with Crippen LogP contribution < -0.4 is 0 Å². The van der Waals surface area contributed by atoms with Gasteiger partial charge < -0.3 is 0 Å². The number of hydrogen-bond donors (Lipinski definition) is 0. The first kappa shape index (κ1) is 14.1. The number of pyridine rings is 1. The molecule has 2 aromatic carbocycles. The molecule has 0 spiro atoms. The maximum Gasteiger partial charge on any atom is 0.0712 e. The Hall–Kier alpha value is -1.86. The zero-order chi connectivity index (χ0) is 15.0. The van der Waals surface area contributed by atoms with E-state index in [4.69, 9.17) is 16.6 Å². The van der Waals surface area contributed by atoms with Gasteiger partial charge in [0.2, 0.25) is 0 Å². The molecule has 0 fully saturated rings. The van der Waals surface area contributed by atoms with Gasteiger partial charge in [-0.2, -0.15) is 0 Å². The summed E-state index contributed by atoms with van der Waals surface area (Å²) in [6, 6.07) is 18.5. The fraction of sp³-hybridized carbons (Fsp3) is 0.211. The first-order valence-electron chi connectivity index (χ1n) is 7.11.